The fraction of sp³-hybridized carbons (Fsp3) is 0.929. The van der Waals surface area contributed by atoms with Crippen LogP contribution in [-0.4, -0.2) is 43.8 Å². The predicted octanol–water partition coefficient (Wildman–Crippen LogP) is 2.63. The maximum absolute atomic E-state index is 11.5. The molecule has 0 heterocycles. The summed E-state index contributed by atoms with van der Waals surface area (Å²) in [7, 11) is 0. The molecule has 18 heavy (non-hydrogen) atoms. The number of amides is 1. The molecule has 1 fully saturated rings. The third kappa shape index (κ3) is 6.24. The van der Waals surface area contributed by atoms with Crippen LogP contribution in [0.1, 0.15) is 46.0 Å². The quantitative estimate of drug-likeness (QED) is 0.761. The zero-order valence-corrected chi connectivity index (χ0v) is 11.9. The van der Waals surface area contributed by atoms with Crippen LogP contribution in [0.2, 0.25) is 0 Å². The van der Waals surface area contributed by atoms with Gasteiger partial charge in [-0.05, 0) is 31.8 Å². The molecule has 0 atom stereocenters. The molecule has 0 aliphatic heterocycles. The van der Waals surface area contributed by atoms with Gasteiger partial charge >= 0.3 is 6.09 Å². The summed E-state index contributed by atoms with van der Waals surface area (Å²) in [5.74, 6) is 0.590. The summed E-state index contributed by atoms with van der Waals surface area (Å²) < 4.78 is 5.26. The number of alkyl carbamates (subject to hydrolysis) is 1. The second-order valence-electron chi connectivity index (χ2n) is 5.06. The monoisotopic (exact) mass is 256 g/mol. The Morgan fingerprint density at radius 3 is 2.50 bits per heavy atom. The Bertz CT molecular complexity index is 224. The fourth-order valence-corrected chi connectivity index (χ4v) is 2.45. The van der Waals surface area contributed by atoms with Crippen LogP contribution in [0.5, 0.6) is 0 Å². The van der Waals surface area contributed by atoms with Gasteiger partial charge in [0.2, 0.25) is 0 Å². The minimum absolute atomic E-state index is 0.257. The van der Waals surface area contributed by atoms with Crippen LogP contribution in [0.4, 0.5) is 4.79 Å². The molecule has 0 saturated heterocycles. The van der Waals surface area contributed by atoms with Gasteiger partial charge in [0.1, 0.15) is 0 Å². The minimum Gasteiger partial charge on any atom is -0.449 e. The number of carbonyl (C=O) groups excluding carboxylic acids is 1. The number of ether oxygens (including phenoxy) is 1. The molecular formula is C14H28N2O2. The van der Waals surface area contributed by atoms with Crippen LogP contribution in [0.3, 0.4) is 0 Å². The van der Waals surface area contributed by atoms with E-state index in [4.69, 9.17) is 4.74 Å². The normalized spacial score (nSPS) is 16.8. The molecule has 1 N–H and O–H groups in total. The van der Waals surface area contributed by atoms with Gasteiger partial charge in [0.25, 0.3) is 0 Å². The molecule has 4 heteroatoms. The van der Waals surface area contributed by atoms with Crippen molar-refractivity contribution in [3.8, 4) is 0 Å². The van der Waals surface area contributed by atoms with Crippen molar-refractivity contribution in [1.29, 1.82) is 0 Å². The average Bonchev–Trinajstić information content (AvgIpc) is 2.42. The number of hydrogen-bond donors (Lipinski definition) is 1. The Hall–Kier alpha value is -0.770. The molecule has 1 aliphatic rings. The van der Waals surface area contributed by atoms with Gasteiger partial charge in [-0.25, -0.2) is 4.79 Å². The van der Waals surface area contributed by atoms with Crippen LogP contribution >= 0.6 is 0 Å². The predicted molar refractivity (Wildman–Crippen MR) is 73.7 cm³/mol. The first-order valence-corrected chi connectivity index (χ1v) is 7.39. The van der Waals surface area contributed by atoms with E-state index in [-0.39, 0.29) is 6.09 Å². The highest BCUT2D eigenvalue weighted by atomic mass is 16.5. The van der Waals surface area contributed by atoms with E-state index in [1.165, 1.54) is 32.1 Å². The van der Waals surface area contributed by atoms with Crippen molar-refractivity contribution in [1.82, 2.24) is 10.2 Å². The molecule has 0 radical (unpaired) electrons. The zero-order valence-electron chi connectivity index (χ0n) is 11.9. The van der Waals surface area contributed by atoms with Crippen molar-refractivity contribution < 1.29 is 9.53 Å². The molecule has 0 bridgehead atoms. The summed E-state index contributed by atoms with van der Waals surface area (Å²) in [6, 6.07) is 0. The summed E-state index contributed by atoms with van der Waals surface area (Å²) in [5, 5.41) is 2.82. The van der Waals surface area contributed by atoms with Crippen LogP contribution in [0.15, 0.2) is 0 Å². The molecule has 0 unspecified atom stereocenters. The first kappa shape index (κ1) is 15.3. The smallest absolute Gasteiger partial charge is 0.407 e. The molecule has 106 valence electrons. The Kier molecular flexibility index (Phi) is 7.81. The minimum atomic E-state index is -0.257. The van der Waals surface area contributed by atoms with Crippen molar-refractivity contribution in [2.24, 2.45) is 5.92 Å². The first-order chi connectivity index (χ1) is 8.76. The van der Waals surface area contributed by atoms with Crippen LogP contribution in [0.25, 0.3) is 0 Å². The van der Waals surface area contributed by atoms with Gasteiger partial charge in [-0.1, -0.05) is 33.1 Å². The number of nitrogens with zero attached hydrogens (tertiary/aromatic N) is 1. The Labute approximate surface area is 111 Å². The number of hydrogen-bond acceptors (Lipinski definition) is 3. The summed E-state index contributed by atoms with van der Waals surface area (Å²) in [6.07, 6.45) is 6.09. The van der Waals surface area contributed by atoms with Crippen molar-refractivity contribution in [2.45, 2.75) is 46.0 Å². The van der Waals surface area contributed by atoms with Gasteiger partial charge in [-0.15, -0.1) is 0 Å². The molecule has 1 aliphatic carbocycles. The Morgan fingerprint density at radius 2 is 1.89 bits per heavy atom. The molecular weight excluding hydrogens is 228 g/mol. The lowest BCUT2D eigenvalue weighted by Crippen LogP contribution is -2.35. The fourth-order valence-electron chi connectivity index (χ4n) is 2.45. The summed E-state index contributed by atoms with van der Waals surface area (Å²) in [4.78, 5) is 13.8. The van der Waals surface area contributed by atoms with E-state index >= 15 is 0 Å². The second kappa shape index (κ2) is 9.20. The molecule has 0 aromatic heterocycles. The van der Waals surface area contributed by atoms with Crippen LogP contribution < -0.4 is 5.32 Å². The molecule has 0 spiro atoms. The van der Waals surface area contributed by atoms with Crippen molar-refractivity contribution >= 4 is 6.09 Å². The van der Waals surface area contributed by atoms with Gasteiger partial charge in [0.15, 0.2) is 0 Å². The number of carbonyl (C=O) groups is 1. The van der Waals surface area contributed by atoms with Gasteiger partial charge in [-0.2, -0.15) is 0 Å². The molecule has 1 rings (SSSR count). The lowest BCUT2D eigenvalue weighted by atomic mass is 9.90. The van der Waals surface area contributed by atoms with Crippen LogP contribution in [0, 0.1) is 5.92 Å². The topological polar surface area (TPSA) is 41.6 Å². The molecule has 0 aromatic carbocycles. The summed E-state index contributed by atoms with van der Waals surface area (Å²) in [6.45, 7) is 8.47. The van der Waals surface area contributed by atoms with Crippen LogP contribution in [-0.2, 0) is 4.74 Å². The SMILES string of the molecule is CCN(CC)CCNC(=O)OCC1CCCCC1. The highest BCUT2D eigenvalue weighted by Gasteiger charge is 2.15. The lowest BCUT2D eigenvalue weighted by molar-refractivity contribution is 0.115. The third-order valence-corrected chi connectivity index (χ3v) is 3.77. The van der Waals surface area contributed by atoms with E-state index in [1.54, 1.807) is 0 Å². The van der Waals surface area contributed by atoms with Gasteiger partial charge < -0.3 is 15.0 Å². The highest BCUT2D eigenvalue weighted by Crippen LogP contribution is 2.23. The second-order valence-corrected chi connectivity index (χ2v) is 5.06. The Morgan fingerprint density at radius 1 is 1.22 bits per heavy atom. The van der Waals surface area contributed by atoms with E-state index in [1.807, 2.05) is 0 Å². The maximum atomic E-state index is 11.5. The number of rotatable bonds is 7. The third-order valence-electron chi connectivity index (χ3n) is 3.77. The van der Waals surface area contributed by atoms with Gasteiger partial charge in [0, 0.05) is 13.1 Å². The molecule has 1 saturated carbocycles. The average molecular weight is 256 g/mol. The first-order valence-electron chi connectivity index (χ1n) is 7.39. The Balaban J connectivity index is 2.02. The standard InChI is InChI=1S/C14H28N2O2/c1-3-16(4-2)11-10-15-14(17)18-12-13-8-6-5-7-9-13/h13H,3-12H2,1-2H3,(H,15,17). The highest BCUT2D eigenvalue weighted by molar-refractivity contribution is 5.67. The molecule has 4 nitrogen and oxygen atoms in total. The van der Waals surface area contributed by atoms with E-state index in [2.05, 4.69) is 24.1 Å². The van der Waals surface area contributed by atoms with Crippen molar-refractivity contribution in [3.05, 3.63) is 0 Å². The number of likely N-dealkylation sites (N-methyl/N-ethyl adjacent to an activating group) is 1. The van der Waals surface area contributed by atoms with E-state index in [9.17, 15) is 4.79 Å². The van der Waals surface area contributed by atoms with Crippen molar-refractivity contribution in [3.63, 3.8) is 0 Å². The van der Waals surface area contributed by atoms with E-state index in [0.717, 1.165) is 19.6 Å². The molecule has 1 amide bonds. The van der Waals surface area contributed by atoms with Crippen molar-refractivity contribution in [2.75, 3.05) is 32.8 Å². The summed E-state index contributed by atoms with van der Waals surface area (Å²) in [5.41, 5.74) is 0. The van der Waals surface area contributed by atoms with E-state index < -0.39 is 0 Å². The largest absolute Gasteiger partial charge is 0.449 e. The zero-order chi connectivity index (χ0) is 13.2. The van der Waals surface area contributed by atoms with E-state index in [0.29, 0.717) is 19.1 Å². The maximum Gasteiger partial charge on any atom is 0.407 e. The lowest BCUT2D eigenvalue weighted by Gasteiger charge is -2.21. The van der Waals surface area contributed by atoms with Gasteiger partial charge in [-0.3, -0.25) is 0 Å². The van der Waals surface area contributed by atoms with Gasteiger partial charge in [0.05, 0.1) is 6.61 Å². The molecule has 0 aromatic rings. The summed E-state index contributed by atoms with van der Waals surface area (Å²) >= 11 is 0. The number of nitrogens with one attached hydrogen (secondary N) is 1.